The van der Waals surface area contributed by atoms with Gasteiger partial charge in [0.05, 0.1) is 22.0 Å². The zero-order chi connectivity index (χ0) is 13.1. The summed E-state index contributed by atoms with van der Waals surface area (Å²) in [5.41, 5.74) is 0.521. The van der Waals surface area contributed by atoms with Crippen molar-refractivity contribution in [3.63, 3.8) is 0 Å². The van der Waals surface area contributed by atoms with Gasteiger partial charge in [0.25, 0.3) is 0 Å². The number of hydrogen-bond donors (Lipinski definition) is 3. The molecular formula is C9H11ClN2O4S. The number of nitrogens with one attached hydrogen (secondary N) is 1. The molecule has 0 atom stereocenters. The van der Waals surface area contributed by atoms with Crippen LogP contribution >= 0.6 is 11.6 Å². The first-order valence-corrected chi connectivity index (χ1v) is 6.66. The van der Waals surface area contributed by atoms with E-state index in [1.165, 1.54) is 18.2 Å². The lowest BCUT2D eigenvalue weighted by Crippen LogP contribution is -2.22. The highest BCUT2D eigenvalue weighted by Crippen LogP contribution is 2.22. The van der Waals surface area contributed by atoms with Gasteiger partial charge in [-0.1, -0.05) is 11.6 Å². The van der Waals surface area contributed by atoms with Crippen molar-refractivity contribution >= 4 is 33.3 Å². The van der Waals surface area contributed by atoms with Crippen LogP contribution in [-0.4, -0.2) is 31.8 Å². The first-order valence-electron chi connectivity index (χ1n) is 4.57. The van der Waals surface area contributed by atoms with Crippen LogP contribution in [0, 0.1) is 0 Å². The second-order valence-electron chi connectivity index (χ2n) is 3.29. The fraction of sp³-hybridized carbons (Fsp3) is 0.222. The second kappa shape index (κ2) is 5.35. The van der Waals surface area contributed by atoms with Crippen LogP contribution in [-0.2, 0) is 10.0 Å². The molecule has 0 aromatic heterocycles. The van der Waals surface area contributed by atoms with Gasteiger partial charge in [-0.25, -0.2) is 18.4 Å². The van der Waals surface area contributed by atoms with Gasteiger partial charge in [0.15, 0.2) is 0 Å². The fourth-order valence-corrected chi connectivity index (χ4v) is 1.75. The number of primary sulfonamides is 1. The molecule has 0 bridgehead atoms. The van der Waals surface area contributed by atoms with Gasteiger partial charge in [-0.2, -0.15) is 0 Å². The second-order valence-corrected chi connectivity index (χ2v) is 5.43. The molecule has 0 unspecified atom stereocenters. The Morgan fingerprint density at radius 3 is 2.59 bits per heavy atom. The Balaban J connectivity index is 2.70. The average Bonchev–Trinajstić information content (AvgIpc) is 2.18. The lowest BCUT2D eigenvalue weighted by Gasteiger charge is -2.08. The largest absolute Gasteiger partial charge is 0.478 e. The van der Waals surface area contributed by atoms with Crippen molar-refractivity contribution in [3.05, 3.63) is 28.8 Å². The number of carboxylic acid groups (broad SMARTS) is 1. The van der Waals surface area contributed by atoms with Crippen LogP contribution in [0.1, 0.15) is 10.4 Å². The van der Waals surface area contributed by atoms with Crippen LogP contribution < -0.4 is 10.5 Å². The minimum Gasteiger partial charge on any atom is -0.478 e. The first-order chi connectivity index (χ1) is 7.79. The fourth-order valence-electron chi connectivity index (χ4n) is 1.12. The van der Waals surface area contributed by atoms with Gasteiger partial charge in [0, 0.05) is 6.54 Å². The van der Waals surface area contributed by atoms with Crippen LogP contribution in [0.5, 0.6) is 0 Å². The normalized spacial score (nSPS) is 11.2. The Morgan fingerprint density at radius 1 is 1.47 bits per heavy atom. The molecule has 0 amide bonds. The minimum absolute atomic E-state index is 0.0620. The summed E-state index contributed by atoms with van der Waals surface area (Å²) >= 11 is 5.82. The number of halogens is 1. The van der Waals surface area contributed by atoms with Gasteiger partial charge < -0.3 is 10.4 Å². The van der Waals surface area contributed by atoms with Crippen molar-refractivity contribution in [1.82, 2.24) is 0 Å². The average molecular weight is 279 g/mol. The van der Waals surface area contributed by atoms with E-state index in [1.807, 2.05) is 0 Å². The molecule has 1 aromatic carbocycles. The SMILES string of the molecule is NS(=O)(=O)CCNc1ccc(C(=O)O)cc1Cl. The number of nitrogens with two attached hydrogens (primary N) is 1. The summed E-state index contributed by atoms with van der Waals surface area (Å²) in [7, 11) is -3.53. The molecule has 0 saturated carbocycles. The lowest BCUT2D eigenvalue weighted by molar-refractivity contribution is 0.0697. The lowest BCUT2D eigenvalue weighted by atomic mass is 10.2. The van der Waals surface area contributed by atoms with Crippen molar-refractivity contribution in [2.45, 2.75) is 0 Å². The van der Waals surface area contributed by atoms with Crippen LogP contribution in [0.15, 0.2) is 18.2 Å². The Kier molecular flexibility index (Phi) is 4.33. The van der Waals surface area contributed by atoms with E-state index in [2.05, 4.69) is 5.32 Å². The van der Waals surface area contributed by atoms with Crippen LogP contribution in [0.2, 0.25) is 5.02 Å². The summed E-state index contributed by atoms with van der Waals surface area (Å²) in [6, 6.07) is 4.12. The summed E-state index contributed by atoms with van der Waals surface area (Å²) in [5.74, 6) is -1.31. The van der Waals surface area contributed by atoms with Gasteiger partial charge in [-0.3, -0.25) is 0 Å². The van der Waals surface area contributed by atoms with E-state index in [4.69, 9.17) is 21.8 Å². The smallest absolute Gasteiger partial charge is 0.335 e. The molecule has 1 aromatic rings. The number of aromatic carboxylic acids is 1. The third-order valence-corrected chi connectivity index (χ3v) is 3.00. The topological polar surface area (TPSA) is 109 Å². The maximum atomic E-state index is 10.7. The van der Waals surface area contributed by atoms with Crippen molar-refractivity contribution in [2.24, 2.45) is 5.14 Å². The van der Waals surface area contributed by atoms with E-state index in [9.17, 15) is 13.2 Å². The standard InChI is InChI=1S/C9H11ClN2O4S/c10-7-5-6(9(13)14)1-2-8(7)12-3-4-17(11,15)16/h1-2,5,12H,3-4H2,(H,13,14)(H2,11,15,16). The Bertz CT molecular complexity index is 530. The van der Waals surface area contributed by atoms with Crippen molar-refractivity contribution < 1.29 is 18.3 Å². The molecule has 0 fully saturated rings. The molecule has 0 spiro atoms. The van der Waals surface area contributed by atoms with E-state index in [1.54, 1.807) is 0 Å². The van der Waals surface area contributed by atoms with Crippen molar-refractivity contribution in [2.75, 3.05) is 17.6 Å². The molecular weight excluding hydrogens is 268 g/mol. The van der Waals surface area contributed by atoms with Crippen molar-refractivity contribution in [1.29, 1.82) is 0 Å². The highest BCUT2D eigenvalue weighted by Gasteiger charge is 2.07. The van der Waals surface area contributed by atoms with Crippen LogP contribution in [0.25, 0.3) is 0 Å². The molecule has 0 saturated heterocycles. The Hall–Kier alpha value is -1.31. The van der Waals surface area contributed by atoms with E-state index < -0.39 is 16.0 Å². The molecule has 1 rings (SSSR count). The highest BCUT2D eigenvalue weighted by molar-refractivity contribution is 7.89. The minimum atomic E-state index is -3.53. The van der Waals surface area contributed by atoms with Gasteiger partial charge in [-0.05, 0) is 18.2 Å². The Morgan fingerprint density at radius 2 is 2.12 bits per heavy atom. The van der Waals surface area contributed by atoms with Crippen LogP contribution in [0.4, 0.5) is 5.69 Å². The molecule has 17 heavy (non-hydrogen) atoms. The monoisotopic (exact) mass is 278 g/mol. The molecule has 6 nitrogen and oxygen atoms in total. The van der Waals surface area contributed by atoms with E-state index in [0.717, 1.165) is 0 Å². The number of rotatable bonds is 5. The molecule has 0 aliphatic carbocycles. The summed E-state index contributed by atoms with van der Waals surface area (Å²) in [5, 5.41) is 16.5. The molecule has 0 aliphatic rings. The summed E-state index contributed by atoms with van der Waals surface area (Å²) in [4.78, 5) is 10.6. The summed E-state index contributed by atoms with van der Waals surface area (Å²) < 4.78 is 21.4. The van der Waals surface area contributed by atoms with Gasteiger partial charge in [0.2, 0.25) is 10.0 Å². The molecule has 94 valence electrons. The predicted molar refractivity (Wildman–Crippen MR) is 64.9 cm³/mol. The third kappa shape index (κ3) is 4.59. The number of carbonyl (C=O) groups is 1. The number of sulfonamides is 1. The van der Waals surface area contributed by atoms with Gasteiger partial charge >= 0.3 is 5.97 Å². The maximum Gasteiger partial charge on any atom is 0.335 e. The maximum absolute atomic E-state index is 10.7. The first kappa shape index (κ1) is 13.8. The number of hydrogen-bond acceptors (Lipinski definition) is 4. The number of carboxylic acids is 1. The predicted octanol–water partition coefficient (Wildman–Crippen LogP) is 0.739. The summed E-state index contributed by atoms with van der Waals surface area (Å²) in [6.45, 7) is 0.102. The zero-order valence-electron chi connectivity index (χ0n) is 8.68. The number of benzene rings is 1. The zero-order valence-corrected chi connectivity index (χ0v) is 10.3. The highest BCUT2D eigenvalue weighted by atomic mass is 35.5. The van der Waals surface area contributed by atoms with E-state index in [0.29, 0.717) is 5.69 Å². The molecule has 0 aliphatic heterocycles. The number of anilines is 1. The third-order valence-electron chi connectivity index (χ3n) is 1.92. The van der Waals surface area contributed by atoms with E-state index in [-0.39, 0.29) is 22.9 Å². The van der Waals surface area contributed by atoms with Crippen LogP contribution in [0.3, 0.4) is 0 Å². The Labute approximate surface area is 103 Å². The molecule has 0 heterocycles. The quantitative estimate of drug-likeness (QED) is 0.736. The van der Waals surface area contributed by atoms with Gasteiger partial charge in [-0.15, -0.1) is 0 Å². The van der Waals surface area contributed by atoms with Crippen molar-refractivity contribution in [3.8, 4) is 0 Å². The van der Waals surface area contributed by atoms with Gasteiger partial charge in [0.1, 0.15) is 0 Å². The summed E-state index contributed by atoms with van der Waals surface area (Å²) in [6.07, 6.45) is 0. The van der Waals surface area contributed by atoms with E-state index >= 15 is 0 Å². The molecule has 4 N–H and O–H groups in total. The molecule has 8 heteroatoms. The molecule has 0 radical (unpaired) electrons.